The monoisotopic (exact) mass is 300 g/mol. The Morgan fingerprint density at radius 3 is 2.36 bits per heavy atom. The van der Waals surface area contributed by atoms with Crippen LogP contribution >= 0.6 is 0 Å². The number of hydrogen-bond acceptors (Lipinski definition) is 1. The van der Waals surface area contributed by atoms with Gasteiger partial charge in [0.05, 0.1) is 0 Å². The summed E-state index contributed by atoms with van der Waals surface area (Å²) in [6.45, 7) is 3.75. The minimum atomic E-state index is -0.243. The zero-order chi connectivity index (χ0) is 15.8. The van der Waals surface area contributed by atoms with E-state index in [2.05, 4.69) is 5.32 Å². The van der Waals surface area contributed by atoms with Gasteiger partial charge in [-0.3, -0.25) is 0 Å². The van der Waals surface area contributed by atoms with Crippen LogP contribution in [0.5, 0.6) is 0 Å². The van der Waals surface area contributed by atoms with Gasteiger partial charge in [-0.05, 0) is 36.6 Å². The first-order valence-corrected chi connectivity index (χ1v) is 7.50. The molecular weight excluding hydrogens is 279 g/mol. The van der Waals surface area contributed by atoms with Crippen LogP contribution in [0.2, 0.25) is 0 Å². The van der Waals surface area contributed by atoms with Crippen molar-refractivity contribution in [2.24, 2.45) is 0 Å². The number of urea groups is 1. The minimum absolute atomic E-state index is 0.0755. The molecule has 0 saturated carbocycles. The molecule has 22 heavy (non-hydrogen) atoms. The first-order valence-electron chi connectivity index (χ1n) is 7.50. The highest BCUT2D eigenvalue weighted by Crippen LogP contribution is 2.05. The van der Waals surface area contributed by atoms with E-state index in [-0.39, 0.29) is 11.8 Å². The van der Waals surface area contributed by atoms with Crippen LogP contribution in [0.4, 0.5) is 9.18 Å². The molecule has 0 fully saturated rings. The Kier molecular flexibility index (Phi) is 5.95. The summed E-state index contributed by atoms with van der Waals surface area (Å²) < 4.78 is 12.8. The largest absolute Gasteiger partial charge is 0.338 e. The number of carbonyl (C=O) groups excluding carboxylic acids is 1. The van der Waals surface area contributed by atoms with E-state index < -0.39 is 0 Å². The smallest absolute Gasteiger partial charge is 0.317 e. The van der Waals surface area contributed by atoms with Gasteiger partial charge in [-0.15, -0.1) is 0 Å². The van der Waals surface area contributed by atoms with Crippen molar-refractivity contribution in [1.82, 2.24) is 10.2 Å². The Morgan fingerprint density at radius 2 is 1.73 bits per heavy atom. The van der Waals surface area contributed by atoms with E-state index in [1.165, 1.54) is 12.1 Å². The Balaban J connectivity index is 1.80. The topological polar surface area (TPSA) is 32.3 Å². The molecule has 2 rings (SSSR count). The molecule has 0 aliphatic carbocycles. The SMILES string of the molecule is CCN(Cc1ccccc1)C(=O)NCCc1ccc(F)cc1. The molecular formula is C18H21FN2O. The second-order valence-corrected chi connectivity index (χ2v) is 5.11. The number of hydrogen-bond donors (Lipinski definition) is 1. The van der Waals surface area contributed by atoms with Crippen molar-refractivity contribution < 1.29 is 9.18 Å². The standard InChI is InChI=1S/C18H21FN2O/c1-2-21(14-16-6-4-3-5-7-16)18(22)20-13-12-15-8-10-17(19)11-9-15/h3-11H,2,12-14H2,1H3,(H,20,22). The van der Waals surface area contributed by atoms with E-state index in [4.69, 9.17) is 0 Å². The second kappa shape index (κ2) is 8.17. The lowest BCUT2D eigenvalue weighted by molar-refractivity contribution is 0.198. The molecule has 2 amide bonds. The molecule has 0 heterocycles. The summed E-state index contributed by atoms with van der Waals surface area (Å²) >= 11 is 0. The minimum Gasteiger partial charge on any atom is -0.338 e. The van der Waals surface area contributed by atoms with E-state index in [0.29, 0.717) is 26.1 Å². The molecule has 4 heteroatoms. The van der Waals surface area contributed by atoms with Crippen molar-refractivity contribution in [3.8, 4) is 0 Å². The Hall–Kier alpha value is -2.36. The maximum absolute atomic E-state index is 12.8. The highest BCUT2D eigenvalue weighted by atomic mass is 19.1. The summed E-state index contributed by atoms with van der Waals surface area (Å²) in [6, 6.07) is 16.2. The molecule has 0 saturated heterocycles. The number of nitrogens with zero attached hydrogens (tertiary/aromatic N) is 1. The normalized spacial score (nSPS) is 10.3. The van der Waals surface area contributed by atoms with Gasteiger partial charge in [0.15, 0.2) is 0 Å². The number of carbonyl (C=O) groups is 1. The molecule has 0 atom stereocenters. The predicted molar refractivity (Wildman–Crippen MR) is 86.0 cm³/mol. The van der Waals surface area contributed by atoms with Gasteiger partial charge in [0.25, 0.3) is 0 Å². The van der Waals surface area contributed by atoms with Crippen LogP contribution < -0.4 is 5.32 Å². The van der Waals surface area contributed by atoms with Crippen molar-refractivity contribution >= 4 is 6.03 Å². The zero-order valence-electron chi connectivity index (χ0n) is 12.8. The van der Waals surface area contributed by atoms with Crippen LogP contribution in [-0.2, 0) is 13.0 Å². The van der Waals surface area contributed by atoms with Gasteiger partial charge >= 0.3 is 6.03 Å². The fraction of sp³-hybridized carbons (Fsp3) is 0.278. The molecule has 3 nitrogen and oxygen atoms in total. The van der Waals surface area contributed by atoms with E-state index in [0.717, 1.165) is 11.1 Å². The quantitative estimate of drug-likeness (QED) is 0.868. The number of amides is 2. The molecule has 2 aromatic rings. The Bertz CT molecular complexity index is 584. The molecule has 0 aromatic heterocycles. The maximum atomic E-state index is 12.8. The van der Waals surface area contributed by atoms with Crippen LogP contribution in [0.15, 0.2) is 54.6 Å². The zero-order valence-corrected chi connectivity index (χ0v) is 12.8. The summed E-state index contributed by atoms with van der Waals surface area (Å²) in [7, 11) is 0. The molecule has 0 spiro atoms. The third-order valence-corrected chi connectivity index (χ3v) is 3.49. The van der Waals surface area contributed by atoms with Gasteiger partial charge in [-0.25, -0.2) is 9.18 Å². The summed E-state index contributed by atoms with van der Waals surface area (Å²) in [5.41, 5.74) is 2.12. The average molecular weight is 300 g/mol. The van der Waals surface area contributed by atoms with Gasteiger partial charge < -0.3 is 10.2 Å². The molecule has 2 aromatic carbocycles. The molecule has 0 aliphatic rings. The van der Waals surface area contributed by atoms with Crippen molar-refractivity contribution in [2.45, 2.75) is 19.9 Å². The van der Waals surface area contributed by atoms with Crippen molar-refractivity contribution in [3.05, 3.63) is 71.5 Å². The number of halogens is 1. The lowest BCUT2D eigenvalue weighted by Gasteiger charge is -2.21. The van der Waals surface area contributed by atoms with Gasteiger partial charge in [0.2, 0.25) is 0 Å². The molecule has 0 radical (unpaired) electrons. The first-order chi connectivity index (χ1) is 10.7. The van der Waals surface area contributed by atoms with Crippen LogP contribution in [0.1, 0.15) is 18.1 Å². The molecule has 0 unspecified atom stereocenters. The Morgan fingerprint density at radius 1 is 1.05 bits per heavy atom. The highest BCUT2D eigenvalue weighted by Gasteiger charge is 2.11. The first kappa shape index (κ1) is 16.0. The Labute approximate surface area is 130 Å². The van der Waals surface area contributed by atoms with Crippen LogP contribution in [0, 0.1) is 5.82 Å². The molecule has 0 bridgehead atoms. The van der Waals surface area contributed by atoms with Gasteiger partial charge in [0, 0.05) is 19.6 Å². The van der Waals surface area contributed by atoms with Crippen LogP contribution in [0.25, 0.3) is 0 Å². The van der Waals surface area contributed by atoms with Crippen molar-refractivity contribution in [1.29, 1.82) is 0 Å². The maximum Gasteiger partial charge on any atom is 0.317 e. The summed E-state index contributed by atoms with van der Waals surface area (Å²) in [6.07, 6.45) is 0.689. The summed E-state index contributed by atoms with van der Waals surface area (Å²) in [5.74, 6) is -0.243. The van der Waals surface area contributed by atoms with Crippen LogP contribution in [0.3, 0.4) is 0 Å². The average Bonchev–Trinajstić information content (AvgIpc) is 2.55. The van der Waals surface area contributed by atoms with Gasteiger partial charge in [-0.1, -0.05) is 42.5 Å². The molecule has 116 valence electrons. The highest BCUT2D eigenvalue weighted by molar-refractivity contribution is 5.74. The number of benzene rings is 2. The van der Waals surface area contributed by atoms with E-state index >= 15 is 0 Å². The van der Waals surface area contributed by atoms with E-state index in [1.54, 1.807) is 17.0 Å². The third-order valence-electron chi connectivity index (χ3n) is 3.49. The van der Waals surface area contributed by atoms with Gasteiger partial charge in [0.1, 0.15) is 5.82 Å². The van der Waals surface area contributed by atoms with Crippen molar-refractivity contribution in [3.63, 3.8) is 0 Å². The summed E-state index contributed by atoms with van der Waals surface area (Å²) in [4.78, 5) is 13.9. The fourth-order valence-electron chi connectivity index (χ4n) is 2.21. The van der Waals surface area contributed by atoms with Gasteiger partial charge in [-0.2, -0.15) is 0 Å². The number of rotatable bonds is 6. The lowest BCUT2D eigenvalue weighted by atomic mass is 10.1. The van der Waals surface area contributed by atoms with Crippen LogP contribution in [-0.4, -0.2) is 24.0 Å². The fourth-order valence-corrected chi connectivity index (χ4v) is 2.21. The van der Waals surface area contributed by atoms with E-state index in [9.17, 15) is 9.18 Å². The predicted octanol–water partition coefficient (Wildman–Crippen LogP) is 3.60. The van der Waals surface area contributed by atoms with Crippen molar-refractivity contribution in [2.75, 3.05) is 13.1 Å². The van der Waals surface area contributed by atoms with E-state index in [1.807, 2.05) is 37.3 Å². The third kappa shape index (κ3) is 4.88. The second-order valence-electron chi connectivity index (χ2n) is 5.11. The number of nitrogens with one attached hydrogen (secondary N) is 1. The molecule has 1 N–H and O–H groups in total. The molecule has 0 aliphatic heterocycles. The lowest BCUT2D eigenvalue weighted by Crippen LogP contribution is -2.40. The summed E-state index contributed by atoms with van der Waals surface area (Å²) in [5, 5.41) is 2.91.